The standard InChI is InChI=1S/C18H16ClF2N3O4/c1-9-5-10(2)23-17(19)16(9)18(27)28-8-15(26)22-7-14(25)24-11-3-4-12(20)13(21)6-11/h3-6H,7-8H2,1-2H3,(H,22,26)(H,24,25). The number of aromatic nitrogens is 1. The second-order valence-electron chi connectivity index (χ2n) is 5.78. The largest absolute Gasteiger partial charge is 0.452 e. The highest BCUT2D eigenvalue weighted by Gasteiger charge is 2.18. The van der Waals surface area contributed by atoms with Crippen molar-refractivity contribution in [3.05, 3.63) is 57.9 Å². The summed E-state index contributed by atoms with van der Waals surface area (Å²) >= 11 is 5.93. The minimum absolute atomic E-state index is 0.0292. The van der Waals surface area contributed by atoms with Crippen LogP contribution in [0, 0.1) is 25.5 Å². The number of anilines is 1. The summed E-state index contributed by atoms with van der Waals surface area (Å²) in [7, 11) is 0. The van der Waals surface area contributed by atoms with Crippen molar-refractivity contribution in [1.29, 1.82) is 0 Å². The molecular formula is C18H16ClF2N3O4. The number of esters is 1. The third-order valence-electron chi connectivity index (χ3n) is 3.49. The Hall–Kier alpha value is -3.07. The van der Waals surface area contributed by atoms with Gasteiger partial charge in [0.15, 0.2) is 18.2 Å². The lowest BCUT2D eigenvalue weighted by atomic mass is 10.1. The van der Waals surface area contributed by atoms with Crippen LogP contribution in [0.25, 0.3) is 0 Å². The van der Waals surface area contributed by atoms with Crippen LogP contribution >= 0.6 is 11.6 Å². The first-order valence-electron chi connectivity index (χ1n) is 8.00. The molecule has 0 saturated heterocycles. The van der Waals surface area contributed by atoms with Gasteiger partial charge in [-0.05, 0) is 37.6 Å². The van der Waals surface area contributed by atoms with Crippen molar-refractivity contribution < 1.29 is 27.9 Å². The summed E-state index contributed by atoms with van der Waals surface area (Å²) in [6, 6.07) is 4.47. The van der Waals surface area contributed by atoms with Crippen LogP contribution in [-0.4, -0.2) is 35.9 Å². The molecule has 2 aromatic rings. The molecule has 7 nitrogen and oxygen atoms in total. The van der Waals surface area contributed by atoms with E-state index < -0.39 is 42.6 Å². The van der Waals surface area contributed by atoms with Crippen molar-refractivity contribution in [2.45, 2.75) is 13.8 Å². The van der Waals surface area contributed by atoms with Gasteiger partial charge in [-0.1, -0.05) is 11.6 Å². The zero-order valence-corrected chi connectivity index (χ0v) is 15.7. The summed E-state index contributed by atoms with van der Waals surface area (Å²) in [5, 5.41) is 4.48. The zero-order chi connectivity index (χ0) is 20.8. The van der Waals surface area contributed by atoms with E-state index in [9.17, 15) is 23.2 Å². The summed E-state index contributed by atoms with van der Waals surface area (Å²) in [4.78, 5) is 39.5. The third-order valence-corrected chi connectivity index (χ3v) is 3.76. The van der Waals surface area contributed by atoms with Gasteiger partial charge in [0.05, 0.1) is 12.1 Å². The lowest BCUT2D eigenvalue weighted by molar-refractivity contribution is -0.126. The molecule has 2 amide bonds. The highest BCUT2D eigenvalue weighted by Crippen LogP contribution is 2.19. The molecule has 0 aliphatic heterocycles. The molecule has 1 aromatic heterocycles. The quantitative estimate of drug-likeness (QED) is 0.562. The van der Waals surface area contributed by atoms with Gasteiger partial charge in [-0.25, -0.2) is 18.6 Å². The van der Waals surface area contributed by atoms with E-state index in [0.717, 1.165) is 12.1 Å². The first-order valence-corrected chi connectivity index (χ1v) is 8.37. The molecule has 0 spiro atoms. The van der Waals surface area contributed by atoms with Crippen LogP contribution in [0.5, 0.6) is 0 Å². The fourth-order valence-corrected chi connectivity index (χ4v) is 2.61. The first-order chi connectivity index (χ1) is 13.2. The Morgan fingerprint density at radius 1 is 1.11 bits per heavy atom. The topological polar surface area (TPSA) is 97.4 Å². The van der Waals surface area contributed by atoms with Crippen LogP contribution in [0.1, 0.15) is 21.6 Å². The number of ether oxygens (including phenoxy) is 1. The molecule has 10 heteroatoms. The molecule has 0 radical (unpaired) electrons. The number of carbonyl (C=O) groups excluding carboxylic acids is 3. The molecule has 0 unspecified atom stereocenters. The predicted octanol–water partition coefficient (Wildman–Crippen LogP) is 2.54. The number of amides is 2. The number of nitrogens with zero attached hydrogens (tertiary/aromatic N) is 1. The molecule has 2 rings (SSSR count). The second-order valence-corrected chi connectivity index (χ2v) is 6.13. The molecule has 0 aliphatic carbocycles. The lowest BCUT2D eigenvalue weighted by Gasteiger charge is -2.10. The predicted molar refractivity (Wildman–Crippen MR) is 97.0 cm³/mol. The van der Waals surface area contributed by atoms with Crippen molar-refractivity contribution in [1.82, 2.24) is 10.3 Å². The Morgan fingerprint density at radius 3 is 2.46 bits per heavy atom. The summed E-state index contributed by atoms with van der Waals surface area (Å²) in [5.74, 6) is -4.40. The third kappa shape index (κ3) is 5.71. The monoisotopic (exact) mass is 411 g/mol. The molecule has 28 heavy (non-hydrogen) atoms. The molecule has 0 saturated carbocycles. The number of hydrogen-bond donors (Lipinski definition) is 2. The Bertz CT molecular complexity index is 914. The molecule has 0 atom stereocenters. The van der Waals surface area contributed by atoms with Crippen molar-refractivity contribution in [3.8, 4) is 0 Å². The van der Waals surface area contributed by atoms with Crippen molar-refractivity contribution >= 4 is 35.1 Å². The van der Waals surface area contributed by atoms with Gasteiger partial charge in [0.25, 0.3) is 5.91 Å². The number of hydrogen-bond acceptors (Lipinski definition) is 5. The van der Waals surface area contributed by atoms with E-state index in [1.807, 2.05) is 0 Å². The van der Waals surface area contributed by atoms with E-state index in [1.165, 1.54) is 6.07 Å². The number of carbonyl (C=O) groups is 3. The zero-order valence-electron chi connectivity index (χ0n) is 14.9. The average Bonchev–Trinajstić information content (AvgIpc) is 2.60. The minimum atomic E-state index is -1.12. The van der Waals surface area contributed by atoms with E-state index in [-0.39, 0.29) is 16.4 Å². The smallest absolute Gasteiger partial charge is 0.342 e. The minimum Gasteiger partial charge on any atom is -0.452 e. The summed E-state index contributed by atoms with van der Waals surface area (Å²) in [6.45, 7) is 2.27. The highest BCUT2D eigenvalue weighted by atomic mass is 35.5. The van der Waals surface area contributed by atoms with Gasteiger partial charge in [0, 0.05) is 17.4 Å². The highest BCUT2D eigenvalue weighted by molar-refractivity contribution is 6.32. The number of aryl methyl sites for hydroxylation is 2. The number of halogens is 3. The van der Waals surface area contributed by atoms with Gasteiger partial charge in [-0.15, -0.1) is 0 Å². The van der Waals surface area contributed by atoms with Crippen LogP contribution < -0.4 is 10.6 Å². The van der Waals surface area contributed by atoms with E-state index in [0.29, 0.717) is 11.3 Å². The molecular weight excluding hydrogens is 396 g/mol. The fourth-order valence-electron chi connectivity index (χ4n) is 2.25. The lowest BCUT2D eigenvalue weighted by Crippen LogP contribution is -2.35. The average molecular weight is 412 g/mol. The molecule has 1 aromatic carbocycles. The van der Waals surface area contributed by atoms with E-state index in [4.69, 9.17) is 16.3 Å². The van der Waals surface area contributed by atoms with Crippen molar-refractivity contribution in [2.75, 3.05) is 18.5 Å². The molecule has 1 heterocycles. The van der Waals surface area contributed by atoms with Crippen LogP contribution in [0.2, 0.25) is 5.15 Å². The van der Waals surface area contributed by atoms with Crippen molar-refractivity contribution in [2.24, 2.45) is 0 Å². The Kier molecular flexibility index (Phi) is 7.00. The van der Waals surface area contributed by atoms with Gasteiger partial charge in [-0.2, -0.15) is 0 Å². The van der Waals surface area contributed by atoms with Gasteiger partial charge < -0.3 is 15.4 Å². The SMILES string of the molecule is Cc1cc(C)c(C(=O)OCC(=O)NCC(=O)Nc2ccc(F)c(F)c2)c(Cl)n1. The number of nitrogens with one attached hydrogen (secondary N) is 2. The van der Waals surface area contributed by atoms with Gasteiger partial charge in [-0.3, -0.25) is 9.59 Å². The van der Waals surface area contributed by atoms with Crippen molar-refractivity contribution in [3.63, 3.8) is 0 Å². The normalized spacial score (nSPS) is 10.3. The summed E-state index contributed by atoms with van der Waals surface area (Å²) < 4.78 is 30.8. The van der Waals surface area contributed by atoms with Gasteiger partial charge in [0.2, 0.25) is 5.91 Å². The maximum atomic E-state index is 13.1. The number of benzene rings is 1. The maximum absolute atomic E-state index is 13.1. The summed E-state index contributed by atoms with van der Waals surface area (Å²) in [6.07, 6.45) is 0. The molecule has 148 valence electrons. The van der Waals surface area contributed by atoms with Crippen LogP contribution in [0.15, 0.2) is 24.3 Å². The summed E-state index contributed by atoms with van der Waals surface area (Å²) in [5.41, 5.74) is 1.26. The molecule has 0 aliphatic rings. The van der Waals surface area contributed by atoms with E-state index in [2.05, 4.69) is 15.6 Å². The number of rotatable bonds is 6. The van der Waals surface area contributed by atoms with Crippen LogP contribution in [0.3, 0.4) is 0 Å². The second kappa shape index (κ2) is 9.23. The van der Waals surface area contributed by atoms with Crippen LogP contribution in [-0.2, 0) is 14.3 Å². The maximum Gasteiger partial charge on any atom is 0.342 e. The fraction of sp³-hybridized carbons (Fsp3) is 0.222. The Balaban J connectivity index is 1.81. The Labute approximate surface area is 164 Å². The van der Waals surface area contributed by atoms with E-state index >= 15 is 0 Å². The van der Waals surface area contributed by atoms with Crippen LogP contribution in [0.4, 0.5) is 14.5 Å². The first kappa shape index (κ1) is 21.2. The Morgan fingerprint density at radius 2 is 1.82 bits per heavy atom. The molecule has 2 N–H and O–H groups in total. The molecule has 0 bridgehead atoms. The van der Waals surface area contributed by atoms with E-state index in [1.54, 1.807) is 19.9 Å². The molecule has 0 fully saturated rings. The van der Waals surface area contributed by atoms with Gasteiger partial charge >= 0.3 is 5.97 Å². The van der Waals surface area contributed by atoms with Gasteiger partial charge in [0.1, 0.15) is 5.15 Å². The number of pyridine rings is 1.